The molecule has 102 valence electrons. The van der Waals surface area contributed by atoms with Crippen molar-refractivity contribution in [1.29, 1.82) is 0 Å². The van der Waals surface area contributed by atoms with Gasteiger partial charge in [-0.1, -0.05) is 53.8 Å². The van der Waals surface area contributed by atoms with Crippen LogP contribution in [0.4, 0.5) is 5.13 Å². The summed E-state index contributed by atoms with van der Waals surface area (Å²) in [7, 11) is 0. The van der Waals surface area contributed by atoms with Crippen LogP contribution in [0.15, 0.2) is 54.6 Å². The third-order valence-corrected chi connectivity index (χ3v) is 4.34. The van der Waals surface area contributed by atoms with Crippen LogP contribution in [0.5, 0.6) is 0 Å². The zero-order valence-corrected chi connectivity index (χ0v) is 12.4. The van der Waals surface area contributed by atoms with Crippen LogP contribution >= 0.6 is 11.3 Å². The largest absolute Gasteiger partial charge is 0.359 e. The first-order valence-electron chi connectivity index (χ1n) is 6.97. The molecule has 0 aliphatic heterocycles. The summed E-state index contributed by atoms with van der Waals surface area (Å²) in [5.74, 6) is 0. The highest BCUT2D eigenvalue weighted by atomic mass is 32.1. The van der Waals surface area contributed by atoms with Crippen molar-refractivity contribution < 1.29 is 0 Å². The molecule has 3 rings (SSSR count). The molecule has 0 saturated heterocycles. The SMILES string of the molecule is CC(CCc1ccccc1)Nc1nc2ccccc2s1. The zero-order valence-electron chi connectivity index (χ0n) is 11.5. The number of thiazole rings is 1. The van der Waals surface area contributed by atoms with Gasteiger partial charge in [0, 0.05) is 6.04 Å². The Labute approximate surface area is 123 Å². The van der Waals surface area contributed by atoms with Crippen molar-refractivity contribution in [1.82, 2.24) is 4.98 Å². The second-order valence-corrected chi connectivity index (χ2v) is 6.09. The van der Waals surface area contributed by atoms with Crippen LogP contribution < -0.4 is 5.32 Å². The Morgan fingerprint density at radius 3 is 2.60 bits per heavy atom. The predicted octanol–water partition coefficient (Wildman–Crippen LogP) is 4.73. The van der Waals surface area contributed by atoms with Crippen LogP contribution in [0.25, 0.3) is 10.2 Å². The van der Waals surface area contributed by atoms with Crippen LogP contribution in [-0.2, 0) is 6.42 Å². The molecule has 2 nitrogen and oxygen atoms in total. The highest BCUT2D eigenvalue weighted by Gasteiger charge is 2.07. The third kappa shape index (κ3) is 3.17. The first-order chi connectivity index (χ1) is 9.81. The smallest absolute Gasteiger partial charge is 0.183 e. The van der Waals surface area contributed by atoms with E-state index in [1.54, 1.807) is 11.3 Å². The molecular formula is C17H18N2S. The molecule has 20 heavy (non-hydrogen) atoms. The van der Waals surface area contributed by atoms with Crippen LogP contribution in [0.1, 0.15) is 18.9 Å². The number of aryl methyl sites for hydroxylation is 1. The van der Waals surface area contributed by atoms with Gasteiger partial charge in [0.25, 0.3) is 0 Å². The number of hydrogen-bond acceptors (Lipinski definition) is 3. The van der Waals surface area contributed by atoms with E-state index in [2.05, 4.69) is 65.8 Å². The molecule has 1 aromatic heterocycles. The first kappa shape index (κ1) is 13.1. The first-order valence-corrected chi connectivity index (χ1v) is 7.79. The molecule has 1 unspecified atom stereocenters. The molecule has 1 atom stereocenters. The topological polar surface area (TPSA) is 24.9 Å². The van der Waals surface area contributed by atoms with Gasteiger partial charge in [-0.15, -0.1) is 0 Å². The summed E-state index contributed by atoms with van der Waals surface area (Å²) < 4.78 is 1.24. The van der Waals surface area contributed by atoms with Gasteiger partial charge in [0.15, 0.2) is 5.13 Å². The average Bonchev–Trinajstić information content (AvgIpc) is 2.88. The van der Waals surface area contributed by atoms with Crippen LogP contribution in [-0.4, -0.2) is 11.0 Å². The van der Waals surface area contributed by atoms with Crippen molar-refractivity contribution in [3.05, 3.63) is 60.2 Å². The van der Waals surface area contributed by atoms with Crippen molar-refractivity contribution in [3.63, 3.8) is 0 Å². The molecule has 2 aromatic carbocycles. The fourth-order valence-corrected chi connectivity index (χ4v) is 3.22. The lowest BCUT2D eigenvalue weighted by molar-refractivity contribution is 0.705. The molecular weight excluding hydrogens is 264 g/mol. The maximum Gasteiger partial charge on any atom is 0.183 e. The second-order valence-electron chi connectivity index (χ2n) is 5.06. The Morgan fingerprint density at radius 1 is 1.05 bits per heavy atom. The van der Waals surface area contributed by atoms with Gasteiger partial charge < -0.3 is 5.32 Å². The molecule has 0 saturated carbocycles. The van der Waals surface area contributed by atoms with E-state index >= 15 is 0 Å². The number of nitrogens with zero attached hydrogens (tertiary/aromatic N) is 1. The minimum absolute atomic E-state index is 0.427. The summed E-state index contributed by atoms with van der Waals surface area (Å²) in [6.07, 6.45) is 2.21. The van der Waals surface area contributed by atoms with Gasteiger partial charge in [0.2, 0.25) is 0 Å². The lowest BCUT2D eigenvalue weighted by Gasteiger charge is -2.12. The summed E-state index contributed by atoms with van der Waals surface area (Å²) in [5.41, 5.74) is 2.47. The molecule has 0 aliphatic rings. The van der Waals surface area contributed by atoms with Crippen molar-refractivity contribution in [2.24, 2.45) is 0 Å². The number of anilines is 1. The molecule has 0 radical (unpaired) electrons. The summed E-state index contributed by atoms with van der Waals surface area (Å²) in [6.45, 7) is 2.22. The Bertz CT molecular complexity index is 643. The minimum atomic E-state index is 0.427. The third-order valence-electron chi connectivity index (χ3n) is 3.37. The van der Waals surface area contributed by atoms with Crippen molar-refractivity contribution in [2.75, 3.05) is 5.32 Å². The van der Waals surface area contributed by atoms with Crippen molar-refractivity contribution in [2.45, 2.75) is 25.8 Å². The average molecular weight is 282 g/mol. The summed E-state index contributed by atoms with van der Waals surface area (Å²) in [4.78, 5) is 4.62. The molecule has 3 aromatic rings. The van der Waals surface area contributed by atoms with E-state index in [1.165, 1.54) is 10.3 Å². The number of para-hydroxylation sites is 1. The van der Waals surface area contributed by atoms with Crippen molar-refractivity contribution >= 4 is 26.7 Å². The van der Waals surface area contributed by atoms with Gasteiger partial charge >= 0.3 is 0 Å². The number of benzene rings is 2. The molecule has 0 bridgehead atoms. The Kier molecular flexibility index (Phi) is 3.97. The maximum atomic E-state index is 4.62. The van der Waals surface area contributed by atoms with Gasteiger partial charge in [0.1, 0.15) is 0 Å². The highest BCUT2D eigenvalue weighted by molar-refractivity contribution is 7.22. The molecule has 0 spiro atoms. The normalized spacial score (nSPS) is 12.4. The number of fused-ring (bicyclic) bond motifs is 1. The molecule has 0 amide bonds. The highest BCUT2D eigenvalue weighted by Crippen LogP contribution is 2.26. The van der Waals surface area contributed by atoms with Gasteiger partial charge in [0.05, 0.1) is 10.2 Å². The molecule has 3 heteroatoms. The monoisotopic (exact) mass is 282 g/mol. The van der Waals surface area contributed by atoms with Gasteiger partial charge in [-0.05, 0) is 37.5 Å². The lowest BCUT2D eigenvalue weighted by atomic mass is 10.1. The fourth-order valence-electron chi connectivity index (χ4n) is 2.24. The number of nitrogens with one attached hydrogen (secondary N) is 1. The van der Waals surface area contributed by atoms with E-state index in [0.29, 0.717) is 6.04 Å². The number of hydrogen-bond donors (Lipinski definition) is 1. The predicted molar refractivity (Wildman–Crippen MR) is 87.5 cm³/mol. The van der Waals surface area contributed by atoms with E-state index in [9.17, 15) is 0 Å². The zero-order chi connectivity index (χ0) is 13.8. The van der Waals surface area contributed by atoms with Crippen molar-refractivity contribution in [3.8, 4) is 0 Å². The van der Waals surface area contributed by atoms with E-state index in [0.717, 1.165) is 23.5 Å². The van der Waals surface area contributed by atoms with Gasteiger partial charge in [-0.2, -0.15) is 0 Å². The standard InChI is InChI=1S/C17H18N2S/c1-13(11-12-14-7-3-2-4-8-14)18-17-19-15-9-5-6-10-16(15)20-17/h2-10,13H,11-12H2,1H3,(H,18,19). The number of rotatable bonds is 5. The van der Waals surface area contributed by atoms with Gasteiger partial charge in [-0.3, -0.25) is 0 Å². The summed E-state index contributed by atoms with van der Waals surface area (Å²) in [5, 5.41) is 4.53. The van der Waals surface area contributed by atoms with E-state index < -0.39 is 0 Å². The van der Waals surface area contributed by atoms with E-state index in [-0.39, 0.29) is 0 Å². The summed E-state index contributed by atoms with van der Waals surface area (Å²) in [6, 6.07) is 19.3. The quantitative estimate of drug-likeness (QED) is 0.731. The molecule has 0 fully saturated rings. The van der Waals surface area contributed by atoms with E-state index in [1.807, 2.05) is 6.07 Å². The lowest BCUT2D eigenvalue weighted by Crippen LogP contribution is -2.15. The Morgan fingerprint density at radius 2 is 1.80 bits per heavy atom. The van der Waals surface area contributed by atoms with E-state index in [4.69, 9.17) is 0 Å². The fraction of sp³-hybridized carbons (Fsp3) is 0.235. The summed E-state index contributed by atoms with van der Waals surface area (Å²) >= 11 is 1.73. The maximum absolute atomic E-state index is 4.62. The van der Waals surface area contributed by atoms with Gasteiger partial charge in [-0.25, -0.2) is 4.98 Å². The Balaban J connectivity index is 1.59. The van der Waals surface area contributed by atoms with Crippen LogP contribution in [0, 0.1) is 0 Å². The number of aromatic nitrogens is 1. The molecule has 1 heterocycles. The van der Waals surface area contributed by atoms with Crippen LogP contribution in [0.2, 0.25) is 0 Å². The molecule has 0 aliphatic carbocycles. The Hall–Kier alpha value is -1.87. The minimum Gasteiger partial charge on any atom is -0.359 e. The second kappa shape index (κ2) is 6.06. The molecule has 1 N–H and O–H groups in total. The van der Waals surface area contributed by atoms with Crippen LogP contribution in [0.3, 0.4) is 0 Å².